The SMILES string of the molecule is O=C(NCCN1CCOCC1)c1cn(-c2ccccc2)nc1-c1cccs1.[Cl-]. The van der Waals surface area contributed by atoms with Gasteiger partial charge in [0.2, 0.25) is 0 Å². The van der Waals surface area contributed by atoms with Gasteiger partial charge in [0.15, 0.2) is 0 Å². The van der Waals surface area contributed by atoms with E-state index in [9.17, 15) is 4.79 Å². The summed E-state index contributed by atoms with van der Waals surface area (Å²) < 4.78 is 7.13. The minimum Gasteiger partial charge on any atom is -1.00 e. The summed E-state index contributed by atoms with van der Waals surface area (Å²) in [5, 5.41) is 9.72. The van der Waals surface area contributed by atoms with E-state index in [1.54, 1.807) is 16.0 Å². The zero-order valence-electron chi connectivity index (χ0n) is 15.4. The lowest BCUT2D eigenvalue weighted by Gasteiger charge is -2.26. The van der Waals surface area contributed by atoms with Crippen LogP contribution >= 0.6 is 11.3 Å². The van der Waals surface area contributed by atoms with Gasteiger partial charge in [0.1, 0.15) is 5.69 Å². The first-order valence-electron chi connectivity index (χ1n) is 9.08. The van der Waals surface area contributed by atoms with Crippen LogP contribution in [0.1, 0.15) is 10.4 Å². The number of halogens is 1. The molecule has 0 bridgehead atoms. The van der Waals surface area contributed by atoms with Crippen molar-refractivity contribution in [1.82, 2.24) is 20.0 Å². The number of nitrogens with zero attached hydrogens (tertiary/aromatic N) is 3. The molecule has 1 saturated heterocycles. The van der Waals surface area contributed by atoms with Crippen LogP contribution in [0.4, 0.5) is 0 Å². The predicted molar refractivity (Wildman–Crippen MR) is 106 cm³/mol. The van der Waals surface area contributed by atoms with Gasteiger partial charge in [0.05, 0.1) is 29.3 Å². The fourth-order valence-electron chi connectivity index (χ4n) is 3.10. The first kappa shape index (κ1) is 20.5. The molecule has 28 heavy (non-hydrogen) atoms. The topological polar surface area (TPSA) is 59.4 Å². The van der Waals surface area contributed by atoms with Crippen LogP contribution in [0.3, 0.4) is 0 Å². The van der Waals surface area contributed by atoms with Crippen LogP contribution in [0, 0.1) is 0 Å². The minimum atomic E-state index is -0.0890. The third-order valence-electron chi connectivity index (χ3n) is 4.55. The van der Waals surface area contributed by atoms with Crippen LogP contribution in [0.25, 0.3) is 16.3 Å². The number of nitrogens with one attached hydrogen (secondary N) is 1. The highest BCUT2D eigenvalue weighted by molar-refractivity contribution is 7.13. The molecule has 0 aliphatic carbocycles. The van der Waals surface area contributed by atoms with Gasteiger partial charge in [-0.2, -0.15) is 5.10 Å². The van der Waals surface area contributed by atoms with E-state index in [-0.39, 0.29) is 18.3 Å². The van der Waals surface area contributed by atoms with Crippen LogP contribution in [0.5, 0.6) is 0 Å². The van der Waals surface area contributed by atoms with Gasteiger partial charge in [-0.05, 0) is 23.6 Å². The number of para-hydroxylation sites is 1. The molecule has 2 aromatic heterocycles. The van der Waals surface area contributed by atoms with Gasteiger partial charge in [0, 0.05) is 32.4 Å². The summed E-state index contributed by atoms with van der Waals surface area (Å²) in [6.45, 7) is 4.81. The molecule has 1 aliphatic rings. The fraction of sp³-hybridized carbons (Fsp3) is 0.300. The molecule has 6 nitrogen and oxygen atoms in total. The van der Waals surface area contributed by atoms with Crippen molar-refractivity contribution in [2.45, 2.75) is 0 Å². The maximum atomic E-state index is 12.8. The van der Waals surface area contributed by atoms with E-state index in [2.05, 4.69) is 15.3 Å². The van der Waals surface area contributed by atoms with Crippen molar-refractivity contribution < 1.29 is 21.9 Å². The molecule has 0 unspecified atom stereocenters. The highest BCUT2D eigenvalue weighted by Gasteiger charge is 2.19. The Morgan fingerprint density at radius 2 is 1.93 bits per heavy atom. The van der Waals surface area contributed by atoms with Crippen molar-refractivity contribution >= 4 is 17.2 Å². The quantitative estimate of drug-likeness (QED) is 0.596. The van der Waals surface area contributed by atoms with Crippen LogP contribution < -0.4 is 17.7 Å². The number of carbonyl (C=O) groups excluding carboxylic acids is 1. The van der Waals surface area contributed by atoms with E-state index >= 15 is 0 Å². The Bertz CT molecular complexity index is 877. The molecule has 1 amide bonds. The number of carbonyl (C=O) groups is 1. The average molecular weight is 418 g/mol. The molecule has 1 aromatic carbocycles. The van der Waals surface area contributed by atoms with Gasteiger partial charge in [-0.15, -0.1) is 11.3 Å². The summed E-state index contributed by atoms with van der Waals surface area (Å²) in [5.41, 5.74) is 2.25. The Hall–Kier alpha value is -2.19. The highest BCUT2D eigenvalue weighted by Crippen LogP contribution is 2.27. The molecule has 0 saturated carbocycles. The second-order valence-corrected chi connectivity index (χ2v) is 7.31. The lowest BCUT2D eigenvalue weighted by atomic mass is 10.2. The first-order chi connectivity index (χ1) is 13.3. The molecule has 0 spiro atoms. The molecular weight excluding hydrogens is 396 g/mol. The van der Waals surface area contributed by atoms with E-state index in [0.29, 0.717) is 12.1 Å². The predicted octanol–water partition coefficient (Wildman–Crippen LogP) is -0.333. The standard InChI is InChI=1S/C20H22N4O2S.ClH/c25-20(21-8-9-23-10-12-26-13-11-23)17-15-24(16-5-2-1-3-6-16)22-19(17)18-7-4-14-27-18;/h1-7,14-15H,8-13H2,(H,21,25);1H/p-1. The Balaban J connectivity index is 0.00000225. The van der Waals surface area contributed by atoms with E-state index in [4.69, 9.17) is 4.74 Å². The van der Waals surface area contributed by atoms with Crippen LogP contribution in [0.15, 0.2) is 54.0 Å². The summed E-state index contributed by atoms with van der Waals surface area (Å²) in [4.78, 5) is 16.1. The number of amides is 1. The van der Waals surface area contributed by atoms with E-state index < -0.39 is 0 Å². The molecular formula is C20H22ClN4O2S-. The zero-order chi connectivity index (χ0) is 18.5. The van der Waals surface area contributed by atoms with Crippen molar-refractivity contribution in [2.75, 3.05) is 39.4 Å². The average Bonchev–Trinajstić information content (AvgIpc) is 3.39. The summed E-state index contributed by atoms with van der Waals surface area (Å²) in [5.74, 6) is -0.0890. The maximum absolute atomic E-state index is 12.8. The fourth-order valence-corrected chi connectivity index (χ4v) is 3.82. The van der Waals surface area contributed by atoms with Gasteiger partial charge >= 0.3 is 0 Å². The van der Waals surface area contributed by atoms with Gasteiger partial charge in [-0.1, -0.05) is 24.3 Å². The van der Waals surface area contributed by atoms with Crippen molar-refractivity contribution in [3.8, 4) is 16.3 Å². The number of aromatic nitrogens is 2. The number of thiophene rings is 1. The lowest BCUT2D eigenvalue weighted by Crippen LogP contribution is -3.00. The maximum Gasteiger partial charge on any atom is 0.255 e. The van der Waals surface area contributed by atoms with Gasteiger partial charge in [-0.3, -0.25) is 9.69 Å². The molecule has 8 heteroatoms. The number of benzene rings is 1. The minimum absolute atomic E-state index is 0. The smallest absolute Gasteiger partial charge is 0.255 e. The van der Waals surface area contributed by atoms with Crippen molar-refractivity contribution in [3.63, 3.8) is 0 Å². The number of ether oxygens (including phenoxy) is 1. The molecule has 3 aromatic rings. The highest BCUT2D eigenvalue weighted by atomic mass is 35.5. The molecule has 0 radical (unpaired) electrons. The molecule has 4 rings (SSSR count). The molecule has 0 atom stereocenters. The normalized spacial score (nSPS) is 14.4. The Morgan fingerprint density at radius 1 is 1.14 bits per heavy atom. The van der Waals surface area contributed by atoms with Crippen molar-refractivity contribution in [3.05, 3.63) is 59.6 Å². The Kier molecular flexibility index (Phi) is 7.22. The monoisotopic (exact) mass is 417 g/mol. The van der Waals surface area contributed by atoms with Gasteiger partial charge in [0.25, 0.3) is 5.91 Å². The Labute approximate surface area is 174 Å². The number of morpholine rings is 1. The molecule has 1 N–H and O–H groups in total. The third kappa shape index (κ3) is 4.80. The molecule has 148 valence electrons. The summed E-state index contributed by atoms with van der Waals surface area (Å²) in [7, 11) is 0. The van der Waals surface area contributed by atoms with Crippen LogP contribution in [0.2, 0.25) is 0 Å². The largest absolute Gasteiger partial charge is 1.00 e. The van der Waals surface area contributed by atoms with E-state index in [1.165, 1.54) is 0 Å². The number of rotatable bonds is 6. The van der Waals surface area contributed by atoms with E-state index in [0.717, 1.165) is 49.1 Å². The second kappa shape index (κ2) is 9.84. The van der Waals surface area contributed by atoms with Gasteiger partial charge in [-0.25, -0.2) is 4.68 Å². The molecule has 1 fully saturated rings. The zero-order valence-corrected chi connectivity index (χ0v) is 17.0. The molecule has 3 heterocycles. The summed E-state index contributed by atoms with van der Waals surface area (Å²) in [6.07, 6.45) is 1.81. The third-order valence-corrected chi connectivity index (χ3v) is 5.43. The number of hydrogen-bond acceptors (Lipinski definition) is 5. The number of hydrogen-bond donors (Lipinski definition) is 1. The van der Waals surface area contributed by atoms with Crippen LogP contribution in [-0.2, 0) is 4.74 Å². The lowest BCUT2D eigenvalue weighted by molar-refractivity contribution is -0.0000161. The summed E-state index contributed by atoms with van der Waals surface area (Å²) >= 11 is 1.58. The van der Waals surface area contributed by atoms with Crippen molar-refractivity contribution in [2.24, 2.45) is 0 Å². The Morgan fingerprint density at radius 3 is 2.64 bits per heavy atom. The first-order valence-corrected chi connectivity index (χ1v) is 9.96. The van der Waals surface area contributed by atoms with E-state index in [1.807, 2.05) is 54.0 Å². The molecule has 1 aliphatic heterocycles. The van der Waals surface area contributed by atoms with Crippen LogP contribution in [-0.4, -0.2) is 60.0 Å². The van der Waals surface area contributed by atoms with Crippen molar-refractivity contribution in [1.29, 1.82) is 0 Å². The van der Waals surface area contributed by atoms with Gasteiger partial charge < -0.3 is 22.5 Å². The summed E-state index contributed by atoms with van der Waals surface area (Å²) in [6, 6.07) is 13.8. The second-order valence-electron chi connectivity index (χ2n) is 6.36.